The second kappa shape index (κ2) is 3.69. The van der Waals surface area contributed by atoms with Crippen LogP contribution in [0.3, 0.4) is 0 Å². The van der Waals surface area contributed by atoms with Gasteiger partial charge in [-0.1, -0.05) is 30.3 Å². The third kappa shape index (κ3) is 1.41. The molecule has 2 aliphatic rings. The Morgan fingerprint density at radius 3 is 2.82 bits per heavy atom. The number of fused-ring (bicyclic) bond motifs is 3. The SMILES string of the molecule is C=C[C@]12Cc3ccccc3[C@@H]1O[C@@H](C)O[C@@H]2C. The molecule has 1 aromatic carbocycles. The Morgan fingerprint density at radius 2 is 2.06 bits per heavy atom. The van der Waals surface area contributed by atoms with Crippen molar-refractivity contribution >= 4 is 0 Å². The Labute approximate surface area is 102 Å². The van der Waals surface area contributed by atoms with Gasteiger partial charge in [-0.05, 0) is 31.4 Å². The molecule has 0 spiro atoms. The van der Waals surface area contributed by atoms with E-state index in [4.69, 9.17) is 9.47 Å². The average molecular weight is 230 g/mol. The van der Waals surface area contributed by atoms with E-state index in [-0.39, 0.29) is 23.9 Å². The van der Waals surface area contributed by atoms with Crippen molar-refractivity contribution in [1.29, 1.82) is 0 Å². The van der Waals surface area contributed by atoms with Crippen LogP contribution in [0, 0.1) is 5.41 Å². The van der Waals surface area contributed by atoms with Gasteiger partial charge in [-0.2, -0.15) is 0 Å². The summed E-state index contributed by atoms with van der Waals surface area (Å²) >= 11 is 0. The molecule has 1 saturated heterocycles. The van der Waals surface area contributed by atoms with Crippen molar-refractivity contribution in [2.45, 2.75) is 38.8 Å². The van der Waals surface area contributed by atoms with Crippen LogP contribution in [0.2, 0.25) is 0 Å². The first kappa shape index (κ1) is 11.0. The zero-order valence-corrected chi connectivity index (χ0v) is 10.3. The minimum Gasteiger partial charge on any atom is -0.349 e. The number of hydrogen-bond donors (Lipinski definition) is 0. The Hall–Kier alpha value is -1.12. The molecule has 0 saturated carbocycles. The molecule has 0 unspecified atom stereocenters. The van der Waals surface area contributed by atoms with Crippen molar-refractivity contribution < 1.29 is 9.47 Å². The van der Waals surface area contributed by atoms with Crippen molar-refractivity contribution in [2.24, 2.45) is 5.41 Å². The maximum absolute atomic E-state index is 6.01. The topological polar surface area (TPSA) is 18.5 Å². The van der Waals surface area contributed by atoms with E-state index in [9.17, 15) is 0 Å². The fraction of sp³-hybridized carbons (Fsp3) is 0.467. The quantitative estimate of drug-likeness (QED) is 0.689. The largest absolute Gasteiger partial charge is 0.349 e. The summed E-state index contributed by atoms with van der Waals surface area (Å²) in [5, 5.41) is 0. The molecule has 4 atom stereocenters. The molecule has 0 N–H and O–H groups in total. The number of benzene rings is 1. The molecule has 1 fully saturated rings. The van der Waals surface area contributed by atoms with E-state index in [1.807, 2.05) is 13.0 Å². The molecule has 0 amide bonds. The molecule has 1 heterocycles. The fourth-order valence-corrected chi connectivity index (χ4v) is 3.20. The lowest BCUT2D eigenvalue weighted by molar-refractivity contribution is -0.276. The molecule has 2 heteroatoms. The average Bonchev–Trinajstić information content (AvgIpc) is 2.65. The van der Waals surface area contributed by atoms with Gasteiger partial charge in [-0.3, -0.25) is 0 Å². The molecule has 0 bridgehead atoms. The lowest BCUT2D eigenvalue weighted by Crippen LogP contribution is -2.46. The predicted molar refractivity (Wildman–Crippen MR) is 66.6 cm³/mol. The minimum absolute atomic E-state index is 0.0925. The van der Waals surface area contributed by atoms with Gasteiger partial charge in [-0.25, -0.2) is 0 Å². The van der Waals surface area contributed by atoms with Gasteiger partial charge in [0.1, 0.15) is 0 Å². The van der Waals surface area contributed by atoms with E-state index < -0.39 is 0 Å². The fourth-order valence-electron chi connectivity index (χ4n) is 3.20. The second-order valence-electron chi connectivity index (χ2n) is 5.05. The molecule has 17 heavy (non-hydrogen) atoms. The zero-order valence-electron chi connectivity index (χ0n) is 10.3. The number of ether oxygens (including phenoxy) is 2. The third-order valence-electron chi connectivity index (χ3n) is 4.18. The van der Waals surface area contributed by atoms with Crippen LogP contribution in [0.15, 0.2) is 36.9 Å². The Morgan fingerprint density at radius 1 is 1.29 bits per heavy atom. The van der Waals surface area contributed by atoms with Gasteiger partial charge in [0.2, 0.25) is 0 Å². The van der Waals surface area contributed by atoms with Gasteiger partial charge >= 0.3 is 0 Å². The Balaban J connectivity index is 2.11. The molecule has 3 rings (SSSR count). The van der Waals surface area contributed by atoms with E-state index >= 15 is 0 Å². The first-order valence-corrected chi connectivity index (χ1v) is 6.19. The number of rotatable bonds is 1. The first-order chi connectivity index (χ1) is 8.17. The molecule has 0 aromatic heterocycles. The van der Waals surface area contributed by atoms with Crippen LogP contribution in [0.4, 0.5) is 0 Å². The maximum atomic E-state index is 6.01. The van der Waals surface area contributed by atoms with E-state index in [1.54, 1.807) is 0 Å². The summed E-state index contributed by atoms with van der Waals surface area (Å²) < 4.78 is 11.8. The van der Waals surface area contributed by atoms with Crippen molar-refractivity contribution in [3.63, 3.8) is 0 Å². The first-order valence-electron chi connectivity index (χ1n) is 6.19. The summed E-state index contributed by atoms with van der Waals surface area (Å²) in [5.74, 6) is 0. The highest BCUT2D eigenvalue weighted by Crippen LogP contribution is 2.54. The highest BCUT2D eigenvalue weighted by Gasteiger charge is 2.52. The summed E-state index contributed by atoms with van der Waals surface area (Å²) in [6.07, 6.45) is 3.07. The van der Waals surface area contributed by atoms with E-state index in [1.165, 1.54) is 11.1 Å². The molecule has 1 aliphatic heterocycles. The maximum Gasteiger partial charge on any atom is 0.156 e. The van der Waals surface area contributed by atoms with Gasteiger partial charge in [-0.15, -0.1) is 6.58 Å². The van der Waals surface area contributed by atoms with Crippen LogP contribution in [-0.4, -0.2) is 12.4 Å². The van der Waals surface area contributed by atoms with Gasteiger partial charge in [0.25, 0.3) is 0 Å². The molecule has 90 valence electrons. The summed E-state index contributed by atoms with van der Waals surface area (Å²) in [4.78, 5) is 0. The van der Waals surface area contributed by atoms with Gasteiger partial charge in [0.05, 0.1) is 12.2 Å². The Bertz CT molecular complexity index is 454. The lowest BCUT2D eigenvalue weighted by Gasteiger charge is -2.44. The smallest absolute Gasteiger partial charge is 0.156 e. The van der Waals surface area contributed by atoms with Crippen molar-refractivity contribution in [3.8, 4) is 0 Å². The van der Waals surface area contributed by atoms with Crippen LogP contribution in [0.5, 0.6) is 0 Å². The van der Waals surface area contributed by atoms with E-state index in [0.717, 1.165) is 6.42 Å². The zero-order chi connectivity index (χ0) is 12.0. The van der Waals surface area contributed by atoms with Gasteiger partial charge in [0, 0.05) is 5.41 Å². The molecule has 1 aliphatic carbocycles. The summed E-state index contributed by atoms with van der Waals surface area (Å²) in [5.41, 5.74) is 2.56. The lowest BCUT2D eigenvalue weighted by atomic mass is 9.77. The van der Waals surface area contributed by atoms with Crippen molar-refractivity contribution in [1.82, 2.24) is 0 Å². The molecular weight excluding hydrogens is 212 g/mol. The van der Waals surface area contributed by atoms with E-state index in [0.29, 0.717) is 0 Å². The highest BCUT2D eigenvalue weighted by molar-refractivity contribution is 5.40. The highest BCUT2D eigenvalue weighted by atomic mass is 16.7. The normalized spacial score (nSPS) is 39.5. The standard InChI is InChI=1S/C15H18O2/c1-4-15-9-12-7-5-6-8-13(12)14(15)17-11(3)16-10(15)2/h4-8,10-11,14H,1,9H2,2-3H3/t10-,11+,14+,15-/m1/s1. The van der Waals surface area contributed by atoms with Crippen molar-refractivity contribution in [3.05, 3.63) is 48.0 Å². The Kier molecular flexibility index (Phi) is 2.39. The summed E-state index contributed by atoms with van der Waals surface area (Å²) in [6.45, 7) is 8.10. The van der Waals surface area contributed by atoms with Crippen LogP contribution < -0.4 is 0 Å². The summed E-state index contributed by atoms with van der Waals surface area (Å²) in [7, 11) is 0. The molecular formula is C15H18O2. The molecule has 2 nitrogen and oxygen atoms in total. The van der Waals surface area contributed by atoms with Crippen molar-refractivity contribution in [2.75, 3.05) is 0 Å². The number of hydrogen-bond acceptors (Lipinski definition) is 2. The van der Waals surface area contributed by atoms with Crippen LogP contribution in [-0.2, 0) is 15.9 Å². The van der Waals surface area contributed by atoms with Crippen LogP contribution in [0.1, 0.15) is 31.1 Å². The van der Waals surface area contributed by atoms with Gasteiger partial charge < -0.3 is 9.47 Å². The van der Waals surface area contributed by atoms with Gasteiger partial charge in [0.15, 0.2) is 6.29 Å². The predicted octanol–water partition coefficient (Wildman–Crippen LogP) is 3.24. The second-order valence-corrected chi connectivity index (χ2v) is 5.05. The third-order valence-corrected chi connectivity index (χ3v) is 4.18. The van der Waals surface area contributed by atoms with Crippen LogP contribution in [0.25, 0.3) is 0 Å². The monoisotopic (exact) mass is 230 g/mol. The molecule has 0 radical (unpaired) electrons. The minimum atomic E-state index is -0.144. The van der Waals surface area contributed by atoms with Crippen LogP contribution >= 0.6 is 0 Å². The van der Waals surface area contributed by atoms with E-state index in [2.05, 4.69) is 37.8 Å². The molecule has 1 aromatic rings. The summed E-state index contributed by atoms with van der Waals surface area (Å²) in [6, 6.07) is 8.50.